The first kappa shape index (κ1) is 15.4. The van der Waals surface area contributed by atoms with E-state index in [1.807, 2.05) is 31.2 Å². The van der Waals surface area contributed by atoms with Crippen LogP contribution in [0.25, 0.3) is 10.9 Å². The zero-order valence-corrected chi connectivity index (χ0v) is 14.9. The van der Waals surface area contributed by atoms with Crippen molar-refractivity contribution in [1.29, 1.82) is 0 Å². The van der Waals surface area contributed by atoms with Gasteiger partial charge in [0.1, 0.15) is 0 Å². The Balaban J connectivity index is 1.36. The van der Waals surface area contributed by atoms with Gasteiger partial charge in [0.25, 0.3) is 0 Å². The van der Waals surface area contributed by atoms with Crippen LogP contribution in [0.2, 0.25) is 0 Å². The maximum absolute atomic E-state index is 12.9. The summed E-state index contributed by atoms with van der Waals surface area (Å²) in [5.74, 6) is 2.87. The molecule has 25 heavy (non-hydrogen) atoms. The molecule has 0 radical (unpaired) electrons. The largest absolute Gasteiger partial charge is 0.325 e. The molecule has 0 spiro atoms. The fourth-order valence-electron chi connectivity index (χ4n) is 6.41. The van der Waals surface area contributed by atoms with Gasteiger partial charge in [0.15, 0.2) is 0 Å². The molecule has 3 heteroatoms. The Labute approximate surface area is 149 Å². The van der Waals surface area contributed by atoms with Crippen molar-refractivity contribution in [3.63, 3.8) is 0 Å². The third-order valence-corrected chi connectivity index (χ3v) is 6.85. The highest BCUT2D eigenvalue weighted by Crippen LogP contribution is 2.61. The van der Waals surface area contributed by atoms with E-state index in [1.165, 1.54) is 38.5 Å². The molecule has 0 aliphatic heterocycles. The number of hydrogen-bond donors (Lipinski definition) is 1. The molecule has 4 bridgehead atoms. The number of amides is 1. The highest BCUT2D eigenvalue weighted by molar-refractivity contribution is 6.01. The number of pyridine rings is 1. The van der Waals surface area contributed by atoms with Crippen LogP contribution >= 0.6 is 0 Å². The van der Waals surface area contributed by atoms with Crippen molar-refractivity contribution in [2.75, 3.05) is 5.32 Å². The third-order valence-electron chi connectivity index (χ3n) is 6.85. The van der Waals surface area contributed by atoms with E-state index in [-0.39, 0.29) is 11.3 Å². The average molecular weight is 334 g/mol. The van der Waals surface area contributed by atoms with Crippen LogP contribution in [0.5, 0.6) is 0 Å². The van der Waals surface area contributed by atoms with E-state index < -0.39 is 0 Å². The quantitative estimate of drug-likeness (QED) is 0.849. The molecule has 4 aliphatic rings. The number of anilines is 1. The second-order valence-corrected chi connectivity index (χ2v) is 8.97. The highest BCUT2D eigenvalue weighted by Gasteiger charge is 2.51. The molecule has 0 atom stereocenters. The smallest absolute Gasteiger partial charge is 0.224 e. The minimum atomic E-state index is 0.190. The molecule has 1 amide bonds. The van der Waals surface area contributed by atoms with Gasteiger partial charge in [-0.15, -0.1) is 0 Å². The summed E-state index contributed by atoms with van der Waals surface area (Å²) in [4.78, 5) is 17.4. The number of carbonyl (C=O) groups is 1. The number of rotatable bonds is 3. The van der Waals surface area contributed by atoms with Crippen molar-refractivity contribution in [1.82, 2.24) is 4.98 Å². The number of nitrogens with zero attached hydrogens (tertiary/aromatic N) is 1. The lowest BCUT2D eigenvalue weighted by Gasteiger charge is -2.56. The number of fused-ring (bicyclic) bond motifs is 1. The molecule has 4 saturated carbocycles. The summed E-state index contributed by atoms with van der Waals surface area (Å²) < 4.78 is 0. The molecule has 1 heterocycles. The molecular formula is C22H26N2O. The number of aromatic nitrogens is 1. The van der Waals surface area contributed by atoms with E-state index in [0.29, 0.717) is 6.42 Å². The standard InChI is InChI=1S/C22H26N2O/c1-14-5-6-18-19(23-14)3-2-4-20(18)24-21(25)13-22-10-15-7-16(11-22)9-17(8-15)12-22/h2-6,15-17H,7-13H2,1H3,(H,24,25). The van der Waals surface area contributed by atoms with Gasteiger partial charge < -0.3 is 5.32 Å². The number of hydrogen-bond acceptors (Lipinski definition) is 2. The van der Waals surface area contributed by atoms with Gasteiger partial charge in [0.2, 0.25) is 5.91 Å². The normalized spacial score (nSPS) is 32.9. The predicted molar refractivity (Wildman–Crippen MR) is 100 cm³/mol. The molecular weight excluding hydrogens is 308 g/mol. The van der Waals surface area contributed by atoms with Gasteiger partial charge in [-0.2, -0.15) is 0 Å². The van der Waals surface area contributed by atoms with Crippen molar-refractivity contribution in [3.05, 3.63) is 36.0 Å². The molecule has 1 aromatic carbocycles. The van der Waals surface area contributed by atoms with Gasteiger partial charge in [0, 0.05) is 17.5 Å². The molecule has 1 aromatic heterocycles. The Morgan fingerprint density at radius 2 is 1.76 bits per heavy atom. The van der Waals surface area contributed by atoms with Crippen LogP contribution in [0.15, 0.2) is 30.3 Å². The number of nitrogens with one attached hydrogen (secondary N) is 1. The highest BCUT2D eigenvalue weighted by atomic mass is 16.1. The fourth-order valence-corrected chi connectivity index (χ4v) is 6.41. The molecule has 1 N–H and O–H groups in total. The van der Waals surface area contributed by atoms with Crippen LogP contribution < -0.4 is 5.32 Å². The van der Waals surface area contributed by atoms with E-state index in [0.717, 1.165) is 40.0 Å². The first-order chi connectivity index (χ1) is 12.1. The maximum atomic E-state index is 12.9. The molecule has 4 fully saturated rings. The summed E-state index contributed by atoms with van der Waals surface area (Å²) in [6, 6.07) is 10.1. The van der Waals surface area contributed by atoms with E-state index in [2.05, 4.69) is 16.4 Å². The molecule has 6 rings (SSSR count). The lowest BCUT2D eigenvalue weighted by Crippen LogP contribution is -2.47. The molecule has 2 aromatic rings. The maximum Gasteiger partial charge on any atom is 0.224 e. The molecule has 0 saturated heterocycles. The summed E-state index contributed by atoms with van der Waals surface area (Å²) in [6.07, 6.45) is 8.82. The second-order valence-electron chi connectivity index (χ2n) is 8.97. The Morgan fingerprint density at radius 1 is 1.08 bits per heavy atom. The summed E-state index contributed by atoms with van der Waals surface area (Å²) in [6.45, 7) is 2.00. The van der Waals surface area contributed by atoms with Gasteiger partial charge >= 0.3 is 0 Å². The van der Waals surface area contributed by atoms with E-state index in [9.17, 15) is 4.79 Å². The Kier molecular flexibility index (Phi) is 3.41. The second kappa shape index (κ2) is 5.55. The van der Waals surface area contributed by atoms with Crippen LogP contribution in [-0.4, -0.2) is 10.9 Å². The zero-order valence-electron chi connectivity index (χ0n) is 14.9. The van der Waals surface area contributed by atoms with Crippen molar-refractivity contribution in [3.8, 4) is 0 Å². The monoisotopic (exact) mass is 334 g/mol. The van der Waals surface area contributed by atoms with E-state index in [1.54, 1.807) is 0 Å². The number of aryl methyl sites for hydroxylation is 1. The first-order valence-corrected chi connectivity index (χ1v) is 9.75. The Bertz CT molecular complexity index is 806. The topological polar surface area (TPSA) is 42.0 Å². The van der Waals surface area contributed by atoms with E-state index >= 15 is 0 Å². The van der Waals surface area contributed by atoms with Gasteiger partial charge in [0.05, 0.1) is 11.2 Å². The molecule has 3 nitrogen and oxygen atoms in total. The summed E-state index contributed by atoms with van der Waals surface area (Å²) in [5, 5.41) is 4.23. The number of carbonyl (C=O) groups excluding carboxylic acids is 1. The predicted octanol–water partition coefficient (Wildman–Crippen LogP) is 5.09. The Morgan fingerprint density at radius 3 is 2.44 bits per heavy atom. The molecule has 0 unspecified atom stereocenters. The van der Waals surface area contributed by atoms with Crippen LogP contribution in [0.1, 0.15) is 50.6 Å². The van der Waals surface area contributed by atoms with Crippen molar-refractivity contribution in [2.45, 2.75) is 51.9 Å². The lowest BCUT2D eigenvalue weighted by atomic mass is 9.49. The summed E-state index contributed by atoms with van der Waals surface area (Å²) in [7, 11) is 0. The summed E-state index contributed by atoms with van der Waals surface area (Å²) >= 11 is 0. The minimum Gasteiger partial charge on any atom is -0.325 e. The van der Waals surface area contributed by atoms with Gasteiger partial charge in [-0.05, 0) is 92.9 Å². The van der Waals surface area contributed by atoms with Crippen LogP contribution in [0.3, 0.4) is 0 Å². The third kappa shape index (κ3) is 2.74. The van der Waals surface area contributed by atoms with Gasteiger partial charge in [-0.3, -0.25) is 9.78 Å². The van der Waals surface area contributed by atoms with Crippen molar-refractivity contribution in [2.24, 2.45) is 23.2 Å². The average Bonchev–Trinajstić information content (AvgIpc) is 2.52. The summed E-state index contributed by atoms with van der Waals surface area (Å²) in [5.41, 5.74) is 3.15. The van der Waals surface area contributed by atoms with E-state index in [4.69, 9.17) is 0 Å². The zero-order chi connectivity index (χ0) is 17.0. The number of benzene rings is 1. The van der Waals surface area contributed by atoms with Crippen molar-refractivity contribution < 1.29 is 4.79 Å². The van der Waals surface area contributed by atoms with Crippen LogP contribution in [-0.2, 0) is 4.79 Å². The Hall–Kier alpha value is -1.90. The van der Waals surface area contributed by atoms with Crippen molar-refractivity contribution >= 4 is 22.5 Å². The van der Waals surface area contributed by atoms with Crippen LogP contribution in [0, 0.1) is 30.1 Å². The molecule has 130 valence electrons. The minimum absolute atomic E-state index is 0.190. The SMILES string of the molecule is Cc1ccc2c(NC(=O)CC34CC5CC(CC(C5)C3)C4)cccc2n1. The lowest BCUT2D eigenvalue weighted by molar-refractivity contribution is -0.124. The van der Waals surface area contributed by atoms with Gasteiger partial charge in [-0.1, -0.05) is 6.07 Å². The fraction of sp³-hybridized carbons (Fsp3) is 0.545. The van der Waals surface area contributed by atoms with Gasteiger partial charge in [-0.25, -0.2) is 0 Å². The van der Waals surface area contributed by atoms with Crippen LogP contribution in [0.4, 0.5) is 5.69 Å². The first-order valence-electron chi connectivity index (χ1n) is 9.75. The molecule has 4 aliphatic carbocycles.